The number of carboxylic acids is 1. The maximum Gasteiger partial charge on any atom is 0.323 e. The normalized spacial score (nSPS) is 15.2. The Balaban J connectivity index is 0.000000765. The molecule has 1 aromatic carbocycles. The molecule has 2 amide bonds. The van der Waals surface area contributed by atoms with Crippen LogP contribution >= 0.6 is 0 Å². The molecule has 0 bridgehead atoms. The fourth-order valence-electron chi connectivity index (χ4n) is 2.43. The highest BCUT2D eigenvalue weighted by atomic mass is 16.5. The molecule has 9 heteroatoms. The molecule has 0 saturated carbocycles. The number of morpholine rings is 1. The highest BCUT2D eigenvalue weighted by Gasteiger charge is 2.30. The predicted molar refractivity (Wildman–Crippen MR) is 93.3 cm³/mol. The minimum Gasteiger partial charge on any atom is -0.481 e. The molecule has 1 aromatic rings. The molecule has 1 aliphatic rings. The summed E-state index contributed by atoms with van der Waals surface area (Å²) in [5, 5.41) is 9.00. The van der Waals surface area contributed by atoms with Crippen molar-refractivity contribution in [3.8, 4) is 0 Å². The van der Waals surface area contributed by atoms with E-state index in [1.807, 2.05) is 35.2 Å². The van der Waals surface area contributed by atoms with E-state index < -0.39 is 24.0 Å². The predicted octanol–water partition coefficient (Wildman–Crippen LogP) is -0.0284. The maximum atomic E-state index is 12.2. The van der Waals surface area contributed by atoms with Gasteiger partial charge in [-0.15, -0.1) is 0 Å². The number of nitrogens with two attached hydrogens (primary N) is 2. The van der Waals surface area contributed by atoms with Gasteiger partial charge in [-0.05, 0) is 5.56 Å². The van der Waals surface area contributed by atoms with Gasteiger partial charge < -0.3 is 26.0 Å². The Morgan fingerprint density at radius 2 is 1.73 bits per heavy atom. The first-order valence-corrected chi connectivity index (χ1v) is 8.19. The number of esters is 1. The van der Waals surface area contributed by atoms with Gasteiger partial charge in [-0.2, -0.15) is 0 Å². The average Bonchev–Trinajstić information content (AvgIpc) is 2.60. The molecule has 0 radical (unpaired) electrons. The van der Waals surface area contributed by atoms with Crippen LogP contribution in [0.2, 0.25) is 0 Å². The van der Waals surface area contributed by atoms with Crippen molar-refractivity contribution in [2.45, 2.75) is 18.9 Å². The molecular formula is C17H25N3O6. The van der Waals surface area contributed by atoms with Crippen LogP contribution in [0.25, 0.3) is 0 Å². The molecule has 9 nitrogen and oxygen atoms in total. The van der Waals surface area contributed by atoms with Gasteiger partial charge in [-0.25, -0.2) is 4.79 Å². The van der Waals surface area contributed by atoms with E-state index in [0.717, 1.165) is 5.56 Å². The molecule has 1 saturated heterocycles. The van der Waals surface area contributed by atoms with Crippen LogP contribution in [0.3, 0.4) is 0 Å². The Kier molecular flexibility index (Phi) is 9.73. The molecular weight excluding hydrogens is 342 g/mol. The van der Waals surface area contributed by atoms with Crippen molar-refractivity contribution in [3.63, 3.8) is 0 Å². The Bertz CT molecular complexity index is 571. The molecule has 1 aliphatic heterocycles. The van der Waals surface area contributed by atoms with Gasteiger partial charge in [0, 0.05) is 19.5 Å². The number of carboxylic acid groups (broad SMARTS) is 1. The monoisotopic (exact) mass is 367 g/mol. The van der Waals surface area contributed by atoms with Gasteiger partial charge in [-0.3, -0.25) is 14.5 Å². The fraction of sp³-hybridized carbons (Fsp3) is 0.471. The molecule has 1 heterocycles. The van der Waals surface area contributed by atoms with Gasteiger partial charge >= 0.3 is 18.0 Å². The number of carbonyl (C=O) groups excluding carboxylic acids is 2. The van der Waals surface area contributed by atoms with Crippen molar-refractivity contribution < 1.29 is 29.0 Å². The number of amides is 2. The summed E-state index contributed by atoms with van der Waals surface area (Å²) in [4.78, 5) is 34.0. The van der Waals surface area contributed by atoms with E-state index in [4.69, 9.17) is 19.4 Å². The van der Waals surface area contributed by atoms with E-state index in [9.17, 15) is 9.59 Å². The third-order valence-electron chi connectivity index (χ3n) is 3.60. The Hall–Kier alpha value is -2.65. The first-order chi connectivity index (χ1) is 12.4. The number of ether oxygens (including phenoxy) is 2. The van der Waals surface area contributed by atoms with E-state index >= 15 is 0 Å². The van der Waals surface area contributed by atoms with Crippen molar-refractivity contribution in [2.75, 3.05) is 32.9 Å². The van der Waals surface area contributed by atoms with E-state index in [-0.39, 0.29) is 13.0 Å². The van der Waals surface area contributed by atoms with Crippen LogP contribution in [-0.2, 0) is 25.5 Å². The smallest absolute Gasteiger partial charge is 0.323 e. The lowest BCUT2D eigenvalue weighted by molar-refractivity contribution is -0.156. The van der Waals surface area contributed by atoms with E-state index in [0.29, 0.717) is 32.7 Å². The lowest BCUT2D eigenvalue weighted by Crippen LogP contribution is -2.49. The van der Waals surface area contributed by atoms with Crippen LogP contribution in [0.5, 0.6) is 0 Å². The van der Waals surface area contributed by atoms with Crippen LogP contribution in [0.15, 0.2) is 30.3 Å². The third kappa shape index (κ3) is 9.00. The van der Waals surface area contributed by atoms with Gasteiger partial charge in [0.05, 0.1) is 26.2 Å². The highest BCUT2D eigenvalue weighted by molar-refractivity contribution is 5.82. The SMILES string of the molecule is NC(N)=O.O=C(O)CC(C(=O)OCCc1ccccc1)N1CCOCC1. The average molecular weight is 367 g/mol. The Morgan fingerprint density at radius 1 is 1.15 bits per heavy atom. The summed E-state index contributed by atoms with van der Waals surface area (Å²) in [5.41, 5.74) is 9.58. The van der Waals surface area contributed by atoms with Gasteiger partial charge in [0.2, 0.25) is 0 Å². The molecule has 0 aliphatic carbocycles. The summed E-state index contributed by atoms with van der Waals surface area (Å²) in [6.45, 7) is 2.36. The van der Waals surface area contributed by atoms with E-state index in [2.05, 4.69) is 11.5 Å². The summed E-state index contributed by atoms with van der Waals surface area (Å²) in [6.07, 6.45) is 0.375. The van der Waals surface area contributed by atoms with Crippen LogP contribution < -0.4 is 11.5 Å². The summed E-state index contributed by atoms with van der Waals surface area (Å²) < 4.78 is 10.5. The number of nitrogens with zero attached hydrogens (tertiary/aromatic N) is 1. The minimum atomic E-state index is -1.00. The van der Waals surface area contributed by atoms with Gasteiger partial charge in [0.15, 0.2) is 0 Å². The van der Waals surface area contributed by atoms with Crippen LogP contribution in [0.4, 0.5) is 4.79 Å². The zero-order chi connectivity index (χ0) is 19.4. The van der Waals surface area contributed by atoms with Crippen LogP contribution in [0, 0.1) is 0 Å². The number of benzene rings is 1. The fourth-order valence-corrected chi connectivity index (χ4v) is 2.43. The van der Waals surface area contributed by atoms with Crippen molar-refractivity contribution >= 4 is 18.0 Å². The van der Waals surface area contributed by atoms with Crippen molar-refractivity contribution in [1.29, 1.82) is 0 Å². The first kappa shape index (κ1) is 21.4. The van der Waals surface area contributed by atoms with Gasteiger partial charge in [0.25, 0.3) is 0 Å². The lowest BCUT2D eigenvalue weighted by Gasteiger charge is -2.32. The number of aliphatic carboxylic acids is 1. The molecule has 1 unspecified atom stereocenters. The zero-order valence-electron chi connectivity index (χ0n) is 14.5. The maximum absolute atomic E-state index is 12.2. The van der Waals surface area contributed by atoms with Crippen molar-refractivity contribution in [2.24, 2.45) is 11.5 Å². The third-order valence-corrected chi connectivity index (χ3v) is 3.60. The number of carbonyl (C=O) groups is 3. The molecule has 1 fully saturated rings. The number of primary amides is 2. The molecule has 5 N–H and O–H groups in total. The minimum absolute atomic E-state index is 0.246. The standard InChI is InChI=1S/C16H21NO5.CH4N2O/c18-15(19)12-14(17-7-10-21-11-8-17)16(20)22-9-6-13-4-2-1-3-5-13;2-1(3)4/h1-5,14H,6-12H2,(H,18,19);(H4,2,3,4). The quantitative estimate of drug-likeness (QED) is 0.574. The zero-order valence-corrected chi connectivity index (χ0v) is 14.5. The van der Waals surface area contributed by atoms with Gasteiger partial charge in [-0.1, -0.05) is 30.3 Å². The summed E-state index contributed by atoms with van der Waals surface area (Å²) >= 11 is 0. The molecule has 0 aromatic heterocycles. The number of hydrogen-bond donors (Lipinski definition) is 3. The van der Waals surface area contributed by atoms with E-state index in [1.54, 1.807) is 0 Å². The first-order valence-electron chi connectivity index (χ1n) is 8.19. The van der Waals surface area contributed by atoms with Crippen LogP contribution in [0.1, 0.15) is 12.0 Å². The molecule has 26 heavy (non-hydrogen) atoms. The Morgan fingerprint density at radius 3 is 2.27 bits per heavy atom. The number of hydrogen-bond acceptors (Lipinski definition) is 6. The molecule has 2 rings (SSSR count). The van der Waals surface area contributed by atoms with Crippen molar-refractivity contribution in [3.05, 3.63) is 35.9 Å². The second-order valence-electron chi connectivity index (χ2n) is 5.57. The topological polar surface area (TPSA) is 145 Å². The summed E-state index contributed by atoms with van der Waals surface area (Å²) in [6, 6.07) is 8.14. The number of urea groups is 1. The second-order valence-corrected chi connectivity index (χ2v) is 5.57. The number of rotatable bonds is 7. The second kappa shape index (κ2) is 11.8. The Labute approximate surface area is 151 Å². The summed E-state index contributed by atoms with van der Waals surface area (Å²) in [5.74, 6) is -1.48. The lowest BCUT2D eigenvalue weighted by atomic mass is 10.1. The molecule has 1 atom stereocenters. The summed E-state index contributed by atoms with van der Waals surface area (Å²) in [7, 11) is 0. The van der Waals surface area contributed by atoms with E-state index in [1.165, 1.54) is 0 Å². The van der Waals surface area contributed by atoms with Gasteiger partial charge in [0.1, 0.15) is 6.04 Å². The van der Waals surface area contributed by atoms with Crippen LogP contribution in [-0.4, -0.2) is 66.9 Å². The highest BCUT2D eigenvalue weighted by Crippen LogP contribution is 2.10. The largest absolute Gasteiger partial charge is 0.481 e. The molecule has 144 valence electrons. The van der Waals surface area contributed by atoms with Crippen molar-refractivity contribution in [1.82, 2.24) is 4.90 Å². The molecule has 0 spiro atoms.